The SMILES string of the molecule is COc1ccc(C(=O)[C@@H](C)OC(=O)c2csc(-c3cccs3)n2)cc1. The highest BCUT2D eigenvalue weighted by Crippen LogP contribution is 2.28. The summed E-state index contributed by atoms with van der Waals surface area (Å²) in [4.78, 5) is 29.9. The quantitative estimate of drug-likeness (QED) is 0.476. The van der Waals surface area contributed by atoms with E-state index in [0.717, 1.165) is 9.88 Å². The third-order valence-corrected chi connectivity index (χ3v) is 5.35. The van der Waals surface area contributed by atoms with Crippen molar-refractivity contribution in [3.05, 3.63) is 58.4 Å². The van der Waals surface area contributed by atoms with Crippen LogP contribution in [-0.4, -0.2) is 30.0 Å². The monoisotopic (exact) mass is 373 g/mol. The summed E-state index contributed by atoms with van der Waals surface area (Å²) in [5, 5.41) is 4.35. The number of esters is 1. The van der Waals surface area contributed by atoms with Crippen LogP contribution in [0.5, 0.6) is 5.75 Å². The number of hydrogen-bond donors (Lipinski definition) is 0. The van der Waals surface area contributed by atoms with Crippen molar-refractivity contribution in [1.29, 1.82) is 0 Å². The van der Waals surface area contributed by atoms with Gasteiger partial charge in [0, 0.05) is 10.9 Å². The van der Waals surface area contributed by atoms with Crippen molar-refractivity contribution >= 4 is 34.4 Å². The van der Waals surface area contributed by atoms with Gasteiger partial charge in [-0.2, -0.15) is 0 Å². The maximum Gasteiger partial charge on any atom is 0.358 e. The van der Waals surface area contributed by atoms with Crippen LogP contribution in [0.4, 0.5) is 0 Å². The molecule has 0 saturated carbocycles. The number of carbonyl (C=O) groups is 2. The van der Waals surface area contributed by atoms with Crippen molar-refractivity contribution in [2.45, 2.75) is 13.0 Å². The van der Waals surface area contributed by atoms with E-state index in [4.69, 9.17) is 9.47 Å². The van der Waals surface area contributed by atoms with Gasteiger partial charge in [-0.05, 0) is 42.6 Å². The highest BCUT2D eigenvalue weighted by molar-refractivity contribution is 7.20. The first kappa shape index (κ1) is 17.3. The van der Waals surface area contributed by atoms with Gasteiger partial charge in [0.25, 0.3) is 0 Å². The maximum absolute atomic E-state index is 12.4. The molecule has 128 valence electrons. The molecular weight excluding hydrogens is 358 g/mol. The molecule has 25 heavy (non-hydrogen) atoms. The fourth-order valence-corrected chi connectivity index (χ4v) is 3.75. The van der Waals surface area contributed by atoms with Crippen LogP contribution in [-0.2, 0) is 4.74 Å². The van der Waals surface area contributed by atoms with E-state index < -0.39 is 12.1 Å². The van der Waals surface area contributed by atoms with E-state index in [9.17, 15) is 9.59 Å². The zero-order chi connectivity index (χ0) is 17.8. The first-order chi connectivity index (χ1) is 12.1. The van der Waals surface area contributed by atoms with Crippen molar-refractivity contribution in [3.63, 3.8) is 0 Å². The van der Waals surface area contributed by atoms with Crippen LogP contribution >= 0.6 is 22.7 Å². The molecule has 0 aliphatic carbocycles. The number of aromatic nitrogens is 1. The summed E-state index contributed by atoms with van der Waals surface area (Å²) in [6, 6.07) is 10.5. The van der Waals surface area contributed by atoms with E-state index in [-0.39, 0.29) is 11.5 Å². The van der Waals surface area contributed by atoms with Crippen LogP contribution in [0.25, 0.3) is 9.88 Å². The fraction of sp³-hybridized carbons (Fsp3) is 0.167. The molecule has 1 atom stereocenters. The predicted octanol–water partition coefficient (Wildman–Crippen LogP) is 4.31. The summed E-state index contributed by atoms with van der Waals surface area (Å²) in [6.07, 6.45) is -0.896. The molecule has 5 nitrogen and oxygen atoms in total. The van der Waals surface area contributed by atoms with Gasteiger partial charge in [0.15, 0.2) is 11.8 Å². The molecule has 0 aliphatic heterocycles. The second kappa shape index (κ2) is 7.58. The Bertz CT molecular complexity index is 869. The number of methoxy groups -OCH3 is 1. The Balaban J connectivity index is 1.66. The molecule has 2 heterocycles. The average Bonchev–Trinajstić information content (AvgIpc) is 3.32. The largest absolute Gasteiger partial charge is 0.497 e. The zero-order valence-corrected chi connectivity index (χ0v) is 15.2. The standard InChI is InChI=1S/C18H15NO4S2/c1-11(16(20)12-5-7-13(22-2)8-6-12)23-18(21)14-10-25-17(19-14)15-4-3-9-24-15/h3-11H,1-2H3/t11-/m1/s1. The minimum atomic E-state index is -0.896. The topological polar surface area (TPSA) is 65.5 Å². The molecule has 0 radical (unpaired) electrons. The second-order valence-electron chi connectivity index (χ2n) is 5.16. The number of benzene rings is 1. The summed E-state index contributed by atoms with van der Waals surface area (Å²) in [5.74, 6) is -0.220. The Kier molecular flexibility index (Phi) is 5.25. The van der Waals surface area contributed by atoms with Crippen molar-refractivity contribution in [3.8, 4) is 15.6 Å². The number of thiophene rings is 1. The van der Waals surface area contributed by atoms with Crippen molar-refractivity contribution in [2.75, 3.05) is 7.11 Å². The zero-order valence-electron chi connectivity index (χ0n) is 13.6. The molecule has 0 spiro atoms. The van der Waals surface area contributed by atoms with Crippen molar-refractivity contribution in [2.24, 2.45) is 0 Å². The summed E-state index contributed by atoms with van der Waals surface area (Å²) < 4.78 is 10.3. The average molecular weight is 373 g/mol. The minimum Gasteiger partial charge on any atom is -0.497 e. The second-order valence-corrected chi connectivity index (χ2v) is 6.96. The van der Waals surface area contributed by atoms with Crippen LogP contribution in [0.1, 0.15) is 27.8 Å². The Morgan fingerprint density at radius 2 is 1.88 bits per heavy atom. The molecule has 0 N–H and O–H groups in total. The molecule has 0 saturated heterocycles. The van der Waals surface area contributed by atoms with Gasteiger partial charge in [-0.15, -0.1) is 22.7 Å². The van der Waals surface area contributed by atoms with Gasteiger partial charge >= 0.3 is 5.97 Å². The van der Waals surface area contributed by atoms with Crippen LogP contribution in [0.2, 0.25) is 0 Å². The van der Waals surface area contributed by atoms with E-state index in [1.54, 1.807) is 55.0 Å². The third-order valence-electron chi connectivity index (χ3n) is 3.47. The molecule has 3 rings (SSSR count). The Morgan fingerprint density at radius 1 is 1.12 bits per heavy atom. The molecule has 0 aliphatic rings. The van der Waals surface area contributed by atoms with Gasteiger partial charge in [-0.1, -0.05) is 6.07 Å². The lowest BCUT2D eigenvalue weighted by Crippen LogP contribution is -2.24. The van der Waals surface area contributed by atoms with Crippen LogP contribution in [0.15, 0.2) is 47.2 Å². The smallest absolute Gasteiger partial charge is 0.358 e. The van der Waals surface area contributed by atoms with E-state index in [2.05, 4.69) is 4.98 Å². The number of ether oxygens (including phenoxy) is 2. The molecule has 0 fully saturated rings. The highest BCUT2D eigenvalue weighted by atomic mass is 32.1. The Hall–Kier alpha value is -2.51. The molecule has 0 amide bonds. The minimum absolute atomic E-state index is 0.211. The molecular formula is C18H15NO4S2. The van der Waals surface area contributed by atoms with Gasteiger partial charge in [0.1, 0.15) is 10.8 Å². The lowest BCUT2D eigenvalue weighted by Gasteiger charge is -2.11. The summed E-state index contributed by atoms with van der Waals surface area (Å²) in [6.45, 7) is 1.55. The third kappa shape index (κ3) is 3.94. The lowest BCUT2D eigenvalue weighted by molar-refractivity contribution is 0.0314. The van der Waals surface area contributed by atoms with Gasteiger partial charge in [0.2, 0.25) is 5.78 Å². The van der Waals surface area contributed by atoms with Gasteiger partial charge in [-0.25, -0.2) is 9.78 Å². The number of carbonyl (C=O) groups excluding carboxylic acids is 2. The van der Waals surface area contributed by atoms with E-state index in [1.165, 1.54) is 11.3 Å². The van der Waals surface area contributed by atoms with Crippen molar-refractivity contribution in [1.82, 2.24) is 4.98 Å². The number of ketones is 1. The Morgan fingerprint density at radius 3 is 2.52 bits per heavy atom. The number of hydrogen-bond acceptors (Lipinski definition) is 7. The predicted molar refractivity (Wildman–Crippen MR) is 97.6 cm³/mol. The van der Waals surface area contributed by atoms with E-state index in [0.29, 0.717) is 11.3 Å². The number of Topliss-reactive ketones (excluding diaryl/α,β-unsaturated/α-hetero) is 1. The lowest BCUT2D eigenvalue weighted by atomic mass is 10.1. The molecule has 0 unspecified atom stereocenters. The summed E-state index contributed by atoms with van der Waals surface area (Å²) in [5.41, 5.74) is 0.668. The van der Waals surface area contributed by atoms with Gasteiger partial charge in [-0.3, -0.25) is 4.79 Å². The van der Waals surface area contributed by atoms with E-state index in [1.807, 2.05) is 17.5 Å². The van der Waals surface area contributed by atoms with Crippen LogP contribution in [0, 0.1) is 0 Å². The number of thiazole rings is 1. The first-order valence-electron chi connectivity index (χ1n) is 7.47. The summed E-state index contributed by atoms with van der Waals surface area (Å²) in [7, 11) is 1.56. The van der Waals surface area contributed by atoms with Crippen LogP contribution < -0.4 is 4.74 Å². The molecule has 7 heteroatoms. The normalized spacial score (nSPS) is 11.8. The molecule has 2 aromatic heterocycles. The number of rotatable bonds is 6. The number of nitrogens with zero attached hydrogens (tertiary/aromatic N) is 1. The summed E-state index contributed by atoms with van der Waals surface area (Å²) >= 11 is 2.92. The molecule has 0 bridgehead atoms. The fourth-order valence-electron chi connectivity index (χ4n) is 2.15. The molecule has 3 aromatic rings. The highest BCUT2D eigenvalue weighted by Gasteiger charge is 2.22. The first-order valence-corrected chi connectivity index (χ1v) is 9.23. The van der Waals surface area contributed by atoms with Gasteiger partial charge < -0.3 is 9.47 Å². The van der Waals surface area contributed by atoms with E-state index >= 15 is 0 Å². The molecule has 1 aromatic carbocycles. The van der Waals surface area contributed by atoms with Crippen LogP contribution in [0.3, 0.4) is 0 Å². The van der Waals surface area contributed by atoms with Gasteiger partial charge in [0.05, 0.1) is 12.0 Å². The Labute approximate surface area is 152 Å². The van der Waals surface area contributed by atoms with Crippen molar-refractivity contribution < 1.29 is 19.1 Å². The maximum atomic E-state index is 12.4.